The lowest BCUT2D eigenvalue weighted by atomic mass is 10.2. The van der Waals surface area contributed by atoms with E-state index in [9.17, 15) is 0 Å². The van der Waals surface area contributed by atoms with Crippen LogP contribution in [0.1, 0.15) is 39.4 Å². The van der Waals surface area contributed by atoms with Crippen molar-refractivity contribution in [2.45, 2.75) is 46.2 Å². The van der Waals surface area contributed by atoms with Crippen LogP contribution in [0.15, 0.2) is 12.3 Å². The molecule has 0 aliphatic carbocycles. The summed E-state index contributed by atoms with van der Waals surface area (Å²) >= 11 is 0. The van der Waals surface area contributed by atoms with Crippen LogP contribution in [0, 0.1) is 0 Å². The molecule has 0 saturated heterocycles. The summed E-state index contributed by atoms with van der Waals surface area (Å²) in [6.07, 6.45) is 3.06. The fourth-order valence-electron chi connectivity index (χ4n) is 1.51. The van der Waals surface area contributed by atoms with Crippen LogP contribution in [0.5, 0.6) is 0 Å². The van der Waals surface area contributed by atoms with Gasteiger partial charge in [0.1, 0.15) is 0 Å². The Labute approximate surface area is 86.5 Å². The number of likely N-dealkylation sites (N-methyl/N-ethyl adjacent to an activating group) is 1. The highest BCUT2D eigenvalue weighted by Crippen LogP contribution is 2.05. The molecule has 0 radical (unpaired) electrons. The highest BCUT2D eigenvalue weighted by Gasteiger charge is 2.05. The maximum absolute atomic E-state index is 4.51. The Kier molecular flexibility index (Phi) is 4.14. The molecule has 14 heavy (non-hydrogen) atoms. The molecular formula is C11H21N3. The molecule has 0 saturated carbocycles. The van der Waals surface area contributed by atoms with Crippen LogP contribution in [0.2, 0.25) is 0 Å². The maximum Gasteiger partial charge on any atom is 0.0640 e. The number of aromatic nitrogens is 2. The molecule has 0 aromatic carbocycles. The SMILES string of the molecule is CCNC(C)Cc1ccn(C(C)C)n1. The first kappa shape index (κ1) is 11.2. The minimum atomic E-state index is 0.457. The van der Waals surface area contributed by atoms with Gasteiger partial charge in [-0.05, 0) is 33.4 Å². The van der Waals surface area contributed by atoms with Crippen molar-refractivity contribution in [1.29, 1.82) is 0 Å². The van der Waals surface area contributed by atoms with Crippen LogP contribution in [-0.4, -0.2) is 22.4 Å². The number of rotatable bonds is 5. The van der Waals surface area contributed by atoms with E-state index < -0.39 is 0 Å². The molecule has 0 fully saturated rings. The highest BCUT2D eigenvalue weighted by atomic mass is 15.3. The van der Waals surface area contributed by atoms with Crippen LogP contribution in [0.3, 0.4) is 0 Å². The van der Waals surface area contributed by atoms with Gasteiger partial charge in [0, 0.05) is 24.7 Å². The number of hydrogen-bond donors (Lipinski definition) is 1. The van der Waals surface area contributed by atoms with Gasteiger partial charge < -0.3 is 5.32 Å². The van der Waals surface area contributed by atoms with E-state index >= 15 is 0 Å². The Morgan fingerprint density at radius 3 is 2.64 bits per heavy atom. The van der Waals surface area contributed by atoms with Crippen molar-refractivity contribution in [2.24, 2.45) is 0 Å². The van der Waals surface area contributed by atoms with Gasteiger partial charge in [-0.25, -0.2) is 0 Å². The summed E-state index contributed by atoms with van der Waals surface area (Å²) in [6, 6.07) is 3.07. The quantitative estimate of drug-likeness (QED) is 0.779. The van der Waals surface area contributed by atoms with E-state index in [0.29, 0.717) is 12.1 Å². The fraction of sp³-hybridized carbons (Fsp3) is 0.727. The summed E-state index contributed by atoms with van der Waals surface area (Å²) in [7, 11) is 0. The van der Waals surface area contributed by atoms with Gasteiger partial charge in [0.15, 0.2) is 0 Å². The van der Waals surface area contributed by atoms with Gasteiger partial charge in [0.05, 0.1) is 5.69 Å². The highest BCUT2D eigenvalue weighted by molar-refractivity contribution is 5.01. The van der Waals surface area contributed by atoms with Crippen LogP contribution >= 0.6 is 0 Å². The van der Waals surface area contributed by atoms with Crippen molar-refractivity contribution < 1.29 is 0 Å². The third-order valence-corrected chi connectivity index (χ3v) is 2.26. The number of nitrogens with zero attached hydrogens (tertiary/aromatic N) is 2. The average molecular weight is 195 g/mol. The van der Waals surface area contributed by atoms with Crippen molar-refractivity contribution in [3.8, 4) is 0 Å². The van der Waals surface area contributed by atoms with E-state index in [1.807, 2.05) is 4.68 Å². The zero-order valence-corrected chi connectivity index (χ0v) is 9.62. The molecule has 1 unspecified atom stereocenters. The van der Waals surface area contributed by atoms with Crippen molar-refractivity contribution in [2.75, 3.05) is 6.54 Å². The molecule has 3 nitrogen and oxygen atoms in total. The smallest absolute Gasteiger partial charge is 0.0640 e. The van der Waals surface area contributed by atoms with Crippen molar-refractivity contribution in [3.63, 3.8) is 0 Å². The van der Waals surface area contributed by atoms with E-state index in [2.05, 4.69) is 50.4 Å². The molecule has 0 bridgehead atoms. The van der Waals surface area contributed by atoms with E-state index in [4.69, 9.17) is 0 Å². The predicted molar refractivity (Wildman–Crippen MR) is 59.5 cm³/mol. The van der Waals surface area contributed by atoms with E-state index in [1.54, 1.807) is 0 Å². The number of hydrogen-bond acceptors (Lipinski definition) is 2. The predicted octanol–water partition coefficient (Wildman–Crippen LogP) is 2.00. The first-order valence-electron chi connectivity index (χ1n) is 5.41. The van der Waals surface area contributed by atoms with Gasteiger partial charge in [-0.1, -0.05) is 6.92 Å². The minimum absolute atomic E-state index is 0.457. The van der Waals surface area contributed by atoms with Gasteiger partial charge in [-0.3, -0.25) is 4.68 Å². The molecule has 3 heteroatoms. The molecule has 0 amide bonds. The summed E-state index contributed by atoms with van der Waals surface area (Å²) in [6.45, 7) is 9.63. The zero-order chi connectivity index (χ0) is 10.6. The van der Waals surface area contributed by atoms with Gasteiger partial charge in [0.2, 0.25) is 0 Å². The van der Waals surface area contributed by atoms with Crippen LogP contribution in [0.4, 0.5) is 0 Å². The first-order valence-corrected chi connectivity index (χ1v) is 5.41. The molecule has 1 atom stereocenters. The molecule has 1 N–H and O–H groups in total. The second-order valence-electron chi connectivity index (χ2n) is 4.04. The topological polar surface area (TPSA) is 29.9 Å². The molecule has 0 aliphatic heterocycles. The van der Waals surface area contributed by atoms with Crippen LogP contribution in [0.25, 0.3) is 0 Å². The third kappa shape index (κ3) is 3.14. The second kappa shape index (κ2) is 5.15. The molecule has 1 heterocycles. The molecule has 1 aromatic rings. The van der Waals surface area contributed by atoms with Gasteiger partial charge in [0.25, 0.3) is 0 Å². The third-order valence-electron chi connectivity index (χ3n) is 2.26. The monoisotopic (exact) mass is 195 g/mol. The summed E-state index contributed by atoms with van der Waals surface area (Å²) < 4.78 is 2.01. The molecule has 1 rings (SSSR count). The second-order valence-corrected chi connectivity index (χ2v) is 4.04. The van der Waals surface area contributed by atoms with E-state index in [0.717, 1.165) is 13.0 Å². The van der Waals surface area contributed by atoms with Gasteiger partial charge in [-0.15, -0.1) is 0 Å². The van der Waals surface area contributed by atoms with Gasteiger partial charge in [-0.2, -0.15) is 5.10 Å². The zero-order valence-electron chi connectivity index (χ0n) is 9.62. The summed E-state index contributed by atoms with van der Waals surface area (Å²) in [4.78, 5) is 0. The van der Waals surface area contributed by atoms with E-state index in [-0.39, 0.29) is 0 Å². The average Bonchev–Trinajstić information content (AvgIpc) is 2.53. The number of nitrogens with one attached hydrogen (secondary N) is 1. The van der Waals surface area contributed by atoms with Crippen LogP contribution < -0.4 is 5.32 Å². The fourth-order valence-corrected chi connectivity index (χ4v) is 1.51. The molecular weight excluding hydrogens is 174 g/mol. The summed E-state index contributed by atoms with van der Waals surface area (Å²) in [5.41, 5.74) is 1.17. The molecule has 80 valence electrons. The Hall–Kier alpha value is -0.830. The Morgan fingerprint density at radius 1 is 1.43 bits per heavy atom. The van der Waals surface area contributed by atoms with Gasteiger partial charge >= 0.3 is 0 Å². The summed E-state index contributed by atoms with van der Waals surface area (Å²) in [5.74, 6) is 0. The van der Waals surface area contributed by atoms with Crippen molar-refractivity contribution in [3.05, 3.63) is 18.0 Å². The normalized spacial score (nSPS) is 13.5. The van der Waals surface area contributed by atoms with E-state index in [1.165, 1.54) is 5.69 Å². The Balaban J connectivity index is 2.51. The molecule has 1 aromatic heterocycles. The lowest BCUT2D eigenvalue weighted by Gasteiger charge is -2.10. The first-order chi connectivity index (χ1) is 6.63. The Bertz CT molecular complexity index is 265. The standard InChI is InChI=1S/C11H21N3/c1-5-12-10(4)8-11-6-7-14(13-11)9(2)3/h6-7,9-10,12H,5,8H2,1-4H3. The minimum Gasteiger partial charge on any atom is -0.314 e. The Morgan fingerprint density at radius 2 is 2.14 bits per heavy atom. The molecule has 0 aliphatic rings. The lowest BCUT2D eigenvalue weighted by molar-refractivity contribution is 0.511. The lowest BCUT2D eigenvalue weighted by Crippen LogP contribution is -2.27. The maximum atomic E-state index is 4.51. The largest absolute Gasteiger partial charge is 0.314 e. The van der Waals surface area contributed by atoms with Crippen molar-refractivity contribution >= 4 is 0 Å². The van der Waals surface area contributed by atoms with Crippen molar-refractivity contribution in [1.82, 2.24) is 15.1 Å². The molecule has 0 spiro atoms. The van der Waals surface area contributed by atoms with Crippen LogP contribution in [-0.2, 0) is 6.42 Å². The summed E-state index contributed by atoms with van der Waals surface area (Å²) in [5, 5.41) is 7.89.